The van der Waals surface area contributed by atoms with Crippen LogP contribution in [0.3, 0.4) is 0 Å². The fourth-order valence-corrected chi connectivity index (χ4v) is 4.01. The Hall–Kier alpha value is -1.98. The lowest BCUT2D eigenvalue weighted by molar-refractivity contribution is -0.139. The second-order valence-electron chi connectivity index (χ2n) is 6.67. The molecule has 2 rings (SSSR count). The predicted molar refractivity (Wildman–Crippen MR) is 117 cm³/mol. The summed E-state index contributed by atoms with van der Waals surface area (Å²) < 4.78 is 0. The Morgan fingerprint density at radius 2 is 1.86 bits per heavy atom. The molecule has 2 aromatic rings. The van der Waals surface area contributed by atoms with E-state index in [0.717, 1.165) is 16.7 Å². The first-order valence-electron chi connectivity index (χ1n) is 9.33. The molecule has 1 N–H and O–H groups in total. The molecule has 0 aliphatic carbocycles. The summed E-state index contributed by atoms with van der Waals surface area (Å²) in [4.78, 5) is 27.0. The van der Waals surface area contributed by atoms with Crippen LogP contribution in [0.4, 0.5) is 0 Å². The third kappa shape index (κ3) is 6.57. The highest BCUT2D eigenvalue weighted by atomic mass is 35.5. The van der Waals surface area contributed by atoms with Gasteiger partial charge in [-0.25, -0.2) is 0 Å². The van der Waals surface area contributed by atoms with E-state index in [-0.39, 0.29) is 11.8 Å². The standard InChI is InChI=1S/C22H27ClN2O2S/c1-4-20(22(27)24-3)25(13-17-10-8-16(2)9-11-17)21(26)15-28-14-18-6-5-7-19(23)12-18/h5-12,20H,4,13-15H2,1-3H3,(H,24,27). The minimum atomic E-state index is -0.481. The summed E-state index contributed by atoms with van der Waals surface area (Å²) in [5, 5.41) is 3.37. The van der Waals surface area contributed by atoms with E-state index in [1.807, 2.05) is 62.4 Å². The van der Waals surface area contributed by atoms with Crippen molar-refractivity contribution in [1.82, 2.24) is 10.2 Å². The highest BCUT2D eigenvalue weighted by molar-refractivity contribution is 7.99. The number of hydrogen-bond donors (Lipinski definition) is 1. The molecule has 4 nitrogen and oxygen atoms in total. The van der Waals surface area contributed by atoms with Gasteiger partial charge in [0.1, 0.15) is 6.04 Å². The van der Waals surface area contributed by atoms with Crippen molar-refractivity contribution in [2.45, 2.75) is 38.6 Å². The quantitative estimate of drug-likeness (QED) is 0.655. The van der Waals surface area contributed by atoms with Crippen LogP contribution in [0.25, 0.3) is 0 Å². The van der Waals surface area contributed by atoms with Gasteiger partial charge in [-0.1, -0.05) is 60.5 Å². The Morgan fingerprint density at radius 1 is 1.14 bits per heavy atom. The Kier molecular flexibility index (Phi) is 8.87. The molecule has 0 heterocycles. The second kappa shape index (κ2) is 11.1. The number of likely N-dealkylation sites (N-methyl/N-ethyl adjacent to an activating group) is 1. The largest absolute Gasteiger partial charge is 0.357 e. The van der Waals surface area contributed by atoms with Crippen LogP contribution in [-0.4, -0.2) is 35.6 Å². The fraction of sp³-hybridized carbons (Fsp3) is 0.364. The van der Waals surface area contributed by atoms with Crippen LogP contribution < -0.4 is 5.32 Å². The van der Waals surface area contributed by atoms with Gasteiger partial charge in [-0.05, 0) is 36.6 Å². The van der Waals surface area contributed by atoms with Gasteiger partial charge in [0.05, 0.1) is 5.75 Å². The molecule has 0 saturated heterocycles. The summed E-state index contributed by atoms with van der Waals surface area (Å²) in [6, 6.07) is 15.2. The lowest BCUT2D eigenvalue weighted by Crippen LogP contribution is -2.48. The molecule has 1 unspecified atom stereocenters. The van der Waals surface area contributed by atoms with Gasteiger partial charge in [0, 0.05) is 24.4 Å². The molecule has 2 aromatic carbocycles. The number of amides is 2. The number of benzene rings is 2. The molecule has 0 radical (unpaired) electrons. The zero-order valence-electron chi connectivity index (χ0n) is 16.6. The van der Waals surface area contributed by atoms with E-state index in [4.69, 9.17) is 11.6 Å². The van der Waals surface area contributed by atoms with Crippen LogP contribution in [0, 0.1) is 6.92 Å². The van der Waals surface area contributed by atoms with Crippen molar-refractivity contribution in [3.63, 3.8) is 0 Å². The first-order valence-corrected chi connectivity index (χ1v) is 10.9. The predicted octanol–water partition coefficient (Wildman–Crippen LogP) is 4.44. The molecular formula is C22H27ClN2O2S. The van der Waals surface area contributed by atoms with Crippen LogP contribution >= 0.6 is 23.4 Å². The van der Waals surface area contributed by atoms with E-state index in [2.05, 4.69) is 5.32 Å². The monoisotopic (exact) mass is 418 g/mol. The van der Waals surface area contributed by atoms with Gasteiger partial charge in [0.25, 0.3) is 0 Å². The molecule has 0 bridgehead atoms. The second-order valence-corrected chi connectivity index (χ2v) is 8.09. The zero-order valence-corrected chi connectivity index (χ0v) is 18.1. The third-order valence-corrected chi connectivity index (χ3v) is 5.71. The third-order valence-electron chi connectivity index (χ3n) is 4.49. The number of carbonyl (C=O) groups excluding carboxylic acids is 2. The van der Waals surface area contributed by atoms with Crippen molar-refractivity contribution in [3.05, 3.63) is 70.2 Å². The van der Waals surface area contributed by atoms with E-state index in [9.17, 15) is 9.59 Å². The summed E-state index contributed by atoms with van der Waals surface area (Å²) in [6.07, 6.45) is 0.566. The molecule has 2 amide bonds. The molecule has 28 heavy (non-hydrogen) atoms. The highest BCUT2D eigenvalue weighted by Gasteiger charge is 2.27. The summed E-state index contributed by atoms with van der Waals surface area (Å²) >= 11 is 7.55. The normalized spacial score (nSPS) is 11.7. The van der Waals surface area contributed by atoms with E-state index in [0.29, 0.717) is 29.5 Å². The lowest BCUT2D eigenvalue weighted by Gasteiger charge is -2.30. The Morgan fingerprint density at radius 3 is 2.46 bits per heavy atom. The zero-order chi connectivity index (χ0) is 20.5. The van der Waals surface area contributed by atoms with Crippen molar-refractivity contribution in [2.24, 2.45) is 0 Å². The van der Waals surface area contributed by atoms with Crippen LogP contribution in [0.15, 0.2) is 48.5 Å². The SMILES string of the molecule is CCC(C(=O)NC)N(Cc1ccc(C)cc1)C(=O)CSCc1cccc(Cl)c1. The van der Waals surface area contributed by atoms with Gasteiger partial charge in [-0.3, -0.25) is 9.59 Å². The summed E-state index contributed by atoms with van der Waals surface area (Å²) in [5.74, 6) is 0.832. The van der Waals surface area contributed by atoms with Crippen molar-refractivity contribution < 1.29 is 9.59 Å². The number of thioether (sulfide) groups is 1. The fourth-order valence-electron chi connectivity index (χ4n) is 2.94. The Bertz CT molecular complexity index is 795. The average Bonchev–Trinajstić information content (AvgIpc) is 2.69. The first kappa shape index (κ1) is 22.3. The van der Waals surface area contributed by atoms with Crippen molar-refractivity contribution in [1.29, 1.82) is 0 Å². The van der Waals surface area contributed by atoms with Crippen molar-refractivity contribution in [3.8, 4) is 0 Å². The topological polar surface area (TPSA) is 49.4 Å². The molecule has 0 spiro atoms. The molecule has 6 heteroatoms. The van der Waals surface area contributed by atoms with E-state index < -0.39 is 6.04 Å². The number of nitrogens with one attached hydrogen (secondary N) is 1. The highest BCUT2D eigenvalue weighted by Crippen LogP contribution is 2.19. The van der Waals surface area contributed by atoms with E-state index in [1.165, 1.54) is 11.8 Å². The molecule has 150 valence electrons. The molecule has 1 atom stereocenters. The smallest absolute Gasteiger partial charge is 0.242 e. The number of nitrogens with zero attached hydrogens (tertiary/aromatic N) is 1. The van der Waals surface area contributed by atoms with Crippen molar-refractivity contribution >= 4 is 35.2 Å². The van der Waals surface area contributed by atoms with E-state index in [1.54, 1.807) is 11.9 Å². The minimum Gasteiger partial charge on any atom is -0.357 e. The molecule has 0 aromatic heterocycles. The first-order chi connectivity index (χ1) is 13.4. The van der Waals surface area contributed by atoms with Gasteiger partial charge < -0.3 is 10.2 Å². The van der Waals surface area contributed by atoms with Gasteiger partial charge in [-0.2, -0.15) is 0 Å². The molecule has 0 aliphatic rings. The van der Waals surface area contributed by atoms with E-state index >= 15 is 0 Å². The van der Waals surface area contributed by atoms with Crippen LogP contribution in [-0.2, 0) is 21.9 Å². The number of carbonyl (C=O) groups is 2. The van der Waals surface area contributed by atoms with Gasteiger partial charge >= 0.3 is 0 Å². The maximum atomic E-state index is 13.0. The van der Waals surface area contributed by atoms with Crippen LogP contribution in [0.2, 0.25) is 5.02 Å². The average molecular weight is 419 g/mol. The number of rotatable bonds is 9. The summed E-state index contributed by atoms with van der Waals surface area (Å²) in [6.45, 7) is 4.37. The molecule has 0 aliphatic heterocycles. The molecule has 0 fully saturated rings. The Labute approximate surface area is 176 Å². The summed E-state index contributed by atoms with van der Waals surface area (Å²) in [7, 11) is 1.60. The number of hydrogen-bond acceptors (Lipinski definition) is 3. The number of aryl methyl sites for hydroxylation is 1. The van der Waals surface area contributed by atoms with Crippen LogP contribution in [0.5, 0.6) is 0 Å². The maximum absolute atomic E-state index is 13.0. The van der Waals surface area contributed by atoms with Gasteiger partial charge in [0.2, 0.25) is 11.8 Å². The number of halogens is 1. The molecule has 0 saturated carbocycles. The van der Waals surface area contributed by atoms with Gasteiger partial charge in [-0.15, -0.1) is 11.8 Å². The minimum absolute atomic E-state index is 0.0388. The Balaban J connectivity index is 2.08. The van der Waals surface area contributed by atoms with Crippen molar-refractivity contribution in [2.75, 3.05) is 12.8 Å². The molecular weight excluding hydrogens is 392 g/mol. The van der Waals surface area contributed by atoms with Gasteiger partial charge in [0.15, 0.2) is 0 Å². The lowest BCUT2D eigenvalue weighted by atomic mass is 10.1. The summed E-state index contributed by atoms with van der Waals surface area (Å²) in [5.41, 5.74) is 3.26. The maximum Gasteiger partial charge on any atom is 0.242 e. The van der Waals surface area contributed by atoms with Crippen LogP contribution in [0.1, 0.15) is 30.0 Å².